The number of rotatable bonds is 6. The Hall–Kier alpha value is -3.65. The molecule has 0 aliphatic carbocycles. The summed E-state index contributed by atoms with van der Waals surface area (Å²) < 4.78 is 86.9. The Bertz CT molecular complexity index is 1450. The van der Waals surface area contributed by atoms with Crippen LogP contribution < -0.4 is 10.1 Å². The highest BCUT2D eigenvalue weighted by Gasteiger charge is 2.36. The number of carbonyl (C=O) groups excluding carboxylic acids is 2. The first-order valence-electron chi connectivity index (χ1n) is 10.2. The minimum absolute atomic E-state index is 0.00621. The SMILES string of the molecule is Cc1c(C(=O)OCC(=O)Nc2ccc(OC(F)(F)F)cc2)sc2nc(-c3cccs3)cc(C(F)(F)F)c12. The summed E-state index contributed by atoms with van der Waals surface area (Å²) in [6, 6.07) is 8.48. The van der Waals surface area contributed by atoms with Gasteiger partial charge in [0.25, 0.3) is 5.91 Å². The fraction of sp³-hybridized carbons (Fsp3) is 0.174. The van der Waals surface area contributed by atoms with Crippen molar-refractivity contribution in [2.24, 2.45) is 0 Å². The van der Waals surface area contributed by atoms with Gasteiger partial charge >= 0.3 is 18.5 Å². The summed E-state index contributed by atoms with van der Waals surface area (Å²) >= 11 is 1.93. The lowest BCUT2D eigenvalue weighted by Gasteiger charge is -2.11. The molecule has 14 heteroatoms. The van der Waals surface area contributed by atoms with Crippen LogP contribution in [0.25, 0.3) is 20.8 Å². The Labute approximate surface area is 212 Å². The van der Waals surface area contributed by atoms with Gasteiger partial charge in [-0.25, -0.2) is 9.78 Å². The lowest BCUT2D eigenvalue weighted by atomic mass is 10.1. The number of nitrogens with one attached hydrogen (secondary N) is 1. The van der Waals surface area contributed by atoms with Crippen LogP contribution >= 0.6 is 22.7 Å². The Kier molecular flexibility index (Phi) is 7.15. The normalized spacial score (nSPS) is 12.0. The van der Waals surface area contributed by atoms with Crippen LogP contribution in [-0.2, 0) is 15.7 Å². The number of anilines is 1. The van der Waals surface area contributed by atoms with E-state index in [0.717, 1.165) is 30.3 Å². The molecular weight excluding hydrogens is 546 g/mol. The molecule has 194 valence electrons. The lowest BCUT2D eigenvalue weighted by molar-refractivity contribution is -0.274. The number of ether oxygens (including phenoxy) is 2. The molecule has 6 nitrogen and oxygen atoms in total. The monoisotopic (exact) mass is 560 g/mol. The molecule has 0 spiro atoms. The van der Waals surface area contributed by atoms with Gasteiger partial charge in [0.05, 0.1) is 16.1 Å². The number of hydrogen-bond donors (Lipinski definition) is 1. The van der Waals surface area contributed by atoms with Crippen molar-refractivity contribution in [2.45, 2.75) is 19.5 Å². The lowest BCUT2D eigenvalue weighted by Crippen LogP contribution is -2.21. The number of halogens is 6. The van der Waals surface area contributed by atoms with Crippen LogP contribution in [0.1, 0.15) is 20.8 Å². The van der Waals surface area contributed by atoms with Crippen molar-refractivity contribution >= 4 is 50.5 Å². The van der Waals surface area contributed by atoms with Crippen molar-refractivity contribution in [2.75, 3.05) is 11.9 Å². The van der Waals surface area contributed by atoms with E-state index in [-0.39, 0.29) is 32.0 Å². The van der Waals surface area contributed by atoms with Gasteiger partial charge in [0, 0.05) is 11.1 Å². The fourth-order valence-corrected chi connectivity index (χ4v) is 5.13. The topological polar surface area (TPSA) is 77.5 Å². The second-order valence-electron chi connectivity index (χ2n) is 7.46. The Balaban J connectivity index is 1.49. The van der Waals surface area contributed by atoms with Gasteiger partial charge in [-0.05, 0) is 54.3 Å². The summed E-state index contributed by atoms with van der Waals surface area (Å²) in [7, 11) is 0. The van der Waals surface area contributed by atoms with Crippen molar-refractivity contribution in [3.63, 3.8) is 0 Å². The summed E-state index contributed by atoms with van der Waals surface area (Å²) in [6.07, 6.45) is -9.58. The van der Waals surface area contributed by atoms with Gasteiger partial charge in [0.1, 0.15) is 15.5 Å². The highest BCUT2D eigenvalue weighted by Crippen LogP contribution is 2.42. The van der Waals surface area contributed by atoms with E-state index >= 15 is 0 Å². The average Bonchev–Trinajstić information content (AvgIpc) is 3.45. The molecule has 1 N–H and O–H groups in total. The number of aromatic nitrogens is 1. The van der Waals surface area contributed by atoms with Gasteiger partial charge in [-0.3, -0.25) is 4.79 Å². The summed E-state index contributed by atoms with van der Waals surface area (Å²) in [6.45, 7) is 0.551. The number of nitrogens with zero attached hydrogens (tertiary/aromatic N) is 1. The molecule has 3 aromatic heterocycles. The predicted molar refractivity (Wildman–Crippen MR) is 125 cm³/mol. The Morgan fingerprint density at radius 2 is 1.76 bits per heavy atom. The van der Waals surface area contributed by atoms with Gasteiger partial charge in [-0.1, -0.05) is 6.07 Å². The number of aryl methyl sites for hydroxylation is 1. The van der Waals surface area contributed by atoms with Crippen molar-refractivity contribution in [1.82, 2.24) is 4.98 Å². The van der Waals surface area contributed by atoms with E-state index in [1.54, 1.807) is 17.5 Å². The minimum Gasteiger partial charge on any atom is -0.451 e. The third kappa shape index (κ3) is 6.20. The van der Waals surface area contributed by atoms with E-state index in [1.165, 1.54) is 18.3 Å². The molecule has 4 aromatic rings. The smallest absolute Gasteiger partial charge is 0.451 e. The van der Waals surface area contributed by atoms with E-state index in [0.29, 0.717) is 16.2 Å². The number of pyridine rings is 1. The molecule has 37 heavy (non-hydrogen) atoms. The van der Waals surface area contributed by atoms with E-state index in [2.05, 4.69) is 15.0 Å². The van der Waals surface area contributed by atoms with E-state index < -0.39 is 42.3 Å². The van der Waals surface area contributed by atoms with Crippen LogP contribution in [0.3, 0.4) is 0 Å². The second kappa shape index (κ2) is 10.0. The standard InChI is InChI=1S/C23H14F6N2O4S2/c1-11-18-14(22(24,25)26)9-15(16-3-2-8-36-16)31-20(18)37-19(11)21(33)34-10-17(32)30-12-4-6-13(7-5-12)35-23(27,28)29/h2-9H,10H2,1H3,(H,30,32). The summed E-state index contributed by atoms with van der Waals surface area (Å²) in [5.74, 6) is -2.33. The summed E-state index contributed by atoms with van der Waals surface area (Å²) in [5, 5.41) is 3.80. The Morgan fingerprint density at radius 3 is 2.35 bits per heavy atom. The molecule has 0 saturated carbocycles. The zero-order chi connectivity index (χ0) is 27.0. The highest BCUT2D eigenvalue weighted by atomic mass is 32.1. The van der Waals surface area contributed by atoms with Gasteiger partial charge < -0.3 is 14.8 Å². The van der Waals surface area contributed by atoms with Crippen LogP contribution in [0.15, 0.2) is 47.8 Å². The first-order chi connectivity index (χ1) is 17.3. The molecule has 0 radical (unpaired) electrons. The van der Waals surface area contributed by atoms with E-state index in [9.17, 15) is 35.9 Å². The van der Waals surface area contributed by atoms with Crippen molar-refractivity contribution in [1.29, 1.82) is 0 Å². The Morgan fingerprint density at radius 1 is 1.05 bits per heavy atom. The first-order valence-corrected chi connectivity index (χ1v) is 11.9. The number of hydrogen-bond acceptors (Lipinski definition) is 7. The predicted octanol–water partition coefficient (Wildman–Crippen LogP) is 7.05. The molecule has 0 aliphatic heterocycles. The third-order valence-electron chi connectivity index (χ3n) is 4.87. The minimum atomic E-state index is -4.87. The number of thiophene rings is 2. The molecule has 0 unspecified atom stereocenters. The van der Waals surface area contributed by atoms with Crippen molar-refractivity contribution < 1.29 is 45.4 Å². The maximum absolute atomic E-state index is 13.8. The van der Waals surface area contributed by atoms with Crippen LogP contribution in [0.4, 0.5) is 32.0 Å². The van der Waals surface area contributed by atoms with Gasteiger partial charge in [-0.2, -0.15) is 13.2 Å². The molecule has 0 fully saturated rings. The van der Waals surface area contributed by atoms with Crippen LogP contribution in [0.2, 0.25) is 0 Å². The molecule has 4 rings (SSSR count). The van der Waals surface area contributed by atoms with E-state index in [1.807, 2.05) is 0 Å². The average molecular weight is 560 g/mol. The summed E-state index contributed by atoms with van der Waals surface area (Å²) in [5.41, 5.74) is -0.705. The number of fused-ring (bicyclic) bond motifs is 1. The van der Waals surface area contributed by atoms with Crippen molar-refractivity contribution in [3.8, 4) is 16.3 Å². The van der Waals surface area contributed by atoms with Gasteiger partial charge in [-0.15, -0.1) is 35.8 Å². The molecular formula is C23H14F6N2O4S2. The second-order valence-corrected chi connectivity index (χ2v) is 9.41. The van der Waals surface area contributed by atoms with Crippen LogP contribution in [-0.4, -0.2) is 29.8 Å². The fourth-order valence-electron chi connectivity index (χ4n) is 3.35. The number of amides is 1. The molecule has 0 atom stereocenters. The molecule has 0 saturated heterocycles. The number of benzene rings is 1. The van der Waals surface area contributed by atoms with E-state index in [4.69, 9.17) is 4.74 Å². The maximum atomic E-state index is 13.8. The largest absolute Gasteiger partial charge is 0.573 e. The zero-order valence-corrected chi connectivity index (χ0v) is 20.1. The van der Waals surface area contributed by atoms with Crippen LogP contribution in [0.5, 0.6) is 5.75 Å². The maximum Gasteiger partial charge on any atom is 0.573 e. The number of alkyl halides is 6. The van der Waals surface area contributed by atoms with Crippen LogP contribution in [0, 0.1) is 6.92 Å². The molecule has 0 bridgehead atoms. The first kappa shape index (κ1) is 26.4. The molecule has 1 aromatic carbocycles. The molecule has 3 heterocycles. The molecule has 1 amide bonds. The number of esters is 1. The highest BCUT2D eigenvalue weighted by molar-refractivity contribution is 7.20. The third-order valence-corrected chi connectivity index (χ3v) is 6.93. The quantitative estimate of drug-likeness (QED) is 0.202. The summed E-state index contributed by atoms with van der Waals surface area (Å²) in [4.78, 5) is 29.4. The van der Waals surface area contributed by atoms with Gasteiger partial charge in [0.15, 0.2) is 6.61 Å². The van der Waals surface area contributed by atoms with Crippen molar-refractivity contribution in [3.05, 3.63) is 63.8 Å². The number of carbonyl (C=O) groups is 2. The van der Waals surface area contributed by atoms with Gasteiger partial charge in [0.2, 0.25) is 0 Å². The zero-order valence-electron chi connectivity index (χ0n) is 18.5. The molecule has 0 aliphatic rings.